The summed E-state index contributed by atoms with van der Waals surface area (Å²) < 4.78 is 28.8. The number of benzene rings is 1. The van der Waals surface area contributed by atoms with Crippen molar-refractivity contribution in [2.75, 3.05) is 30.3 Å². The molecular weight excluding hydrogens is 1090 g/mol. The molecule has 3 fully saturated rings. The van der Waals surface area contributed by atoms with Gasteiger partial charge < -0.3 is 61.3 Å². The lowest BCUT2D eigenvalue weighted by atomic mass is 9.88. The summed E-state index contributed by atoms with van der Waals surface area (Å²) in [7, 11) is 0. The Labute approximate surface area is 471 Å². The number of epoxide rings is 1. The molecule has 0 bridgehead atoms. The first-order chi connectivity index (χ1) is 37.5. The summed E-state index contributed by atoms with van der Waals surface area (Å²) >= 11 is 3.09. The Balaban J connectivity index is 1.19. The SMILES string of the molecule is CC(=O)O[C@@H](C)/C=C\C(=O)N[C@@H]1C[C@H](C)[C@H](C/C=C(C)/C=C/[C@@H]2C[C@]3(CO3)C[C@@H](CC(=O)NNC(=O)OCc3ccc(NC(=O)[C@H](CCCNC(N)=O)NC(=O)[C@@H](NC(=O)CCCCCNC(=O)CBr)C(C)C)cc3)O2)O[C@@H]1C. The van der Waals surface area contributed by atoms with Gasteiger partial charge in [-0.15, -0.1) is 0 Å². The lowest BCUT2D eigenvalue weighted by Crippen LogP contribution is -2.54. The molecule has 0 unspecified atom stereocenters. The number of alkyl halides is 1. The van der Waals surface area contributed by atoms with Crippen LogP contribution in [0.2, 0.25) is 0 Å². The largest absolute Gasteiger partial charge is 0.459 e. The number of hydrazine groups is 1. The summed E-state index contributed by atoms with van der Waals surface area (Å²) in [6.45, 7) is 13.6. The molecule has 10 atom stereocenters. The lowest BCUT2D eigenvalue weighted by molar-refractivity contribution is -0.143. The van der Waals surface area contributed by atoms with E-state index in [1.54, 1.807) is 45.0 Å². The Bertz CT molecular complexity index is 2330. The molecule has 3 heterocycles. The lowest BCUT2D eigenvalue weighted by Gasteiger charge is -2.39. The zero-order valence-corrected chi connectivity index (χ0v) is 48.0. The van der Waals surface area contributed by atoms with Gasteiger partial charge in [0.2, 0.25) is 35.4 Å². The van der Waals surface area contributed by atoms with Crippen molar-refractivity contribution in [1.82, 2.24) is 37.4 Å². The first kappa shape index (κ1) is 65.2. The Morgan fingerprint density at radius 1 is 0.848 bits per heavy atom. The number of unbranched alkanes of at least 4 members (excludes halogenated alkanes) is 2. The average molecular weight is 1170 g/mol. The van der Waals surface area contributed by atoms with Gasteiger partial charge in [0.25, 0.3) is 0 Å². The summed E-state index contributed by atoms with van der Waals surface area (Å²) in [6.07, 6.45) is 11.6. The number of nitrogens with one attached hydrogen (secondary N) is 8. The van der Waals surface area contributed by atoms with Crippen molar-refractivity contribution in [2.24, 2.45) is 17.6 Å². The van der Waals surface area contributed by atoms with Gasteiger partial charge in [-0.3, -0.25) is 39.0 Å². The first-order valence-electron chi connectivity index (χ1n) is 27.1. The molecule has 0 radical (unpaired) electrons. The topological polar surface area (TPSA) is 325 Å². The molecule has 0 aliphatic carbocycles. The molecule has 4 rings (SSSR count). The number of urea groups is 1. The van der Waals surface area contributed by atoms with Crippen molar-refractivity contribution >= 4 is 75.2 Å². The second-order valence-electron chi connectivity index (χ2n) is 20.8. The average Bonchev–Trinajstić information content (AvgIpc) is 4.20. The van der Waals surface area contributed by atoms with Crippen molar-refractivity contribution in [3.63, 3.8) is 0 Å². The minimum absolute atomic E-state index is 0.0371. The van der Waals surface area contributed by atoms with Gasteiger partial charge in [-0.2, -0.15) is 0 Å². The number of carbonyl (C=O) groups is 9. The number of esters is 1. The number of allylic oxidation sites excluding steroid dienone is 2. The van der Waals surface area contributed by atoms with E-state index in [4.69, 9.17) is 29.4 Å². The van der Waals surface area contributed by atoms with E-state index >= 15 is 0 Å². The third-order valence-electron chi connectivity index (χ3n) is 13.5. The summed E-state index contributed by atoms with van der Waals surface area (Å²) in [4.78, 5) is 112. The number of ether oxygens (including phenoxy) is 5. The van der Waals surface area contributed by atoms with E-state index in [0.717, 1.165) is 12.0 Å². The van der Waals surface area contributed by atoms with E-state index in [2.05, 4.69) is 71.7 Å². The molecule has 3 aliphatic heterocycles. The van der Waals surface area contributed by atoms with Crippen molar-refractivity contribution < 1.29 is 66.8 Å². The third kappa shape index (κ3) is 25.1. The van der Waals surface area contributed by atoms with Crippen molar-refractivity contribution in [3.05, 3.63) is 65.8 Å². The van der Waals surface area contributed by atoms with Crippen molar-refractivity contribution in [2.45, 2.75) is 180 Å². The molecule has 1 spiro atoms. The Morgan fingerprint density at radius 2 is 1.57 bits per heavy atom. The van der Waals surface area contributed by atoms with E-state index in [1.165, 1.54) is 19.1 Å². The first-order valence-corrected chi connectivity index (χ1v) is 28.2. The van der Waals surface area contributed by atoms with Crippen LogP contribution in [0.3, 0.4) is 0 Å². The minimum Gasteiger partial charge on any atom is -0.459 e. The van der Waals surface area contributed by atoms with Crippen LogP contribution in [0.1, 0.15) is 125 Å². The van der Waals surface area contributed by atoms with Crippen LogP contribution < -0.4 is 48.5 Å². The monoisotopic (exact) mass is 1170 g/mol. The fraction of sp³-hybridized carbons (Fsp3) is 0.618. The second-order valence-corrected chi connectivity index (χ2v) is 21.4. The van der Waals surface area contributed by atoms with Gasteiger partial charge in [-0.1, -0.05) is 79.1 Å². The number of hydrogen-bond donors (Lipinski definition) is 9. The van der Waals surface area contributed by atoms with Gasteiger partial charge in [0.1, 0.15) is 24.8 Å². The van der Waals surface area contributed by atoms with Crippen molar-refractivity contribution in [3.8, 4) is 0 Å². The number of carbonyl (C=O) groups excluding carboxylic acids is 9. The molecule has 24 heteroatoms. The van der Waals surface area contributed by atoms with Crippen LogP contribution in [0.25, 0.3) is 0 Å². The number of primary amides is 1. The molecule has 0 aromatic heterocycles. The zero-order chi connectivity index (χ0) is 58.1. The van der Waals surface area contributed by atoms with Gasteiger partial charge >= 0.3 is 18.1 Å². The molecule has 3 saturated heterocycles. The second kappa shape index (κ2) is 33.3. The molecule has 79 heavy (non-hydrogen) atoms. The Morgan fingerprint density at radius 3 is 2.24 bits per heavy atom. The van der Waals surface area contributed by atoms with Gasteiger partial charge in [0, 0.05) is 51.0 Å². The maximum absolute atomic E-state index is 13.6. The molecule has 1 aromatic carbocycles. The zero-order valence-electron chi connectivity index (χ0n) is 46.5. The van der Waals surface area contributed by atoms with Gasteiger partial charge in [-0.25, -0.2) is 15.0 Å². The van der Waals surface area contributed by atoms with Crippen LogP contribution in [0.4, 0.5) is 15.3 Å². The number of rotatable bonds is 29. The molecule has 1 aromatic rings. The highest BCUT2D eigenvalue weighted by Gasteiger charge is 2.51. The van der Waals surface area contributed by atoms with Crippen LogP contribution in [-0.2, 0) is 63.9 Å². The fourth-order valence-corrected chi connectivity index (χ4v) is 9.24. The molecule has 438 valence electrons. The number of anilines is 1. The predicted molar refractivity (Wildman–Crippen MR) is 296 cm³/mol. The summed E-state index contributed by atoms with van der Waals surface area (Å²) in [5.74, 6) is -2.86. The van der Waals surface area contributed by atoms with E-state index in [9.17, 15) is 43.2 Å². The Hall–Kier alpha value is -6.37. The molecule has 3 aliphatic rings. The standard InChI is InChI=1S/C55H82BrN9O14/c1-33(2)50(63-46(67)13-9-8-10-24-58-49(70)30-56)52(72)62-43(12-11-25-59-53(57)73)51(71)60-40-19-17-39(18-20-40)31-75-54(74)65-64-48(69)27-42-29-55(32-76-55)28-41(79-42)21-14-34(3)15-22-45-35(4)26-44(37(6)78-45)61-47(68)23-16-36(5)77-38(7)66/h14-21,23,33,35-37,41-45,50H,8-13,22,24-32H2,1-7H3,(H,58,70)(H,60,71)(H,61,68)(H,62,72)(H,63,67)(H,64,69)(H,65,74)(H3,57,59,73)/b21-14+,23-16-,34-15+/t35-,36-,37+,41+,42+,43-,44+,45-,50-,55+/m0/s1. The fourth-order valence-electron chi connectivity index (χ4n) is 9.04. The van der Waals surface area contributed by atoms with Gasteiger partial charge in [0.05, 0.1) is 54.4 Å². The number of hydrogen-bond acceptors (Lipinski definition) is 14. The van der Waals surface area contributed by atoms with E-state index in [0.29, 0.717) is 69.3 Å². The summed E-state index contributed by atoms with van der Waals surface area (Å²) in [5, 5.41) is 16.8. The Kier molecular flexibility index (Phi) is 27.4. The highest BCUT2D eigenvalue weighted by Crippen LogP contribution is 2.43. The van der Waals surface area contributed by atoms with Crippen LogP contribution in [0.5, 0.6) is 0 Å². The minimum atomic E-state index is -1.05. The van der Waals surface area contributed by atoms with Crippen LogP contribution in [-0.4, -0.2) is 133 Å². The van der Waals surface area contributed by atoms with E-state index < -0.39 is 60.1 Å². The maximum Gasteiger partial charge on any atom is 0.426 e. The van der Waals surface area contributed by atoms with Gasteiger partial charge in [0.15, 0.2) is 0 Å². The molecule has 23 nitrogen and oxygen atoms in total. The third-order valence-corrected chi connectivity index (χ3v) is 14.0. The smallest absolute Gasteiger partial charge is 0.426 e. The maximum atomic E-state index is 13.6. The number of nitrogens with two attached hydrogens (primary N) is 1. The highest BCUT2D eigenvalue weighted by atomic mass is 79.9. The van der Waals surface area contributed by atoms with E-state index in [1.807, 2.05) is 26.0 Å². The number of halogens is 1. The van der Waals surface area contributed by atoms with Crippen molar-refractivity contribution in [1.29, 1.82) is 0 Å². The molecule has 9 amide bonds. The van der Waals surface area contributed by atoms with Crippen LogP contribution in [0.15, 0.2) is 60.2 Å². The van der Waals surface area contributed by atoms with Gasteiger partial charge in [-0.05, 0) is 94.9 Å². The molecule has 0 saturated carbocycles. The summed E-state index contributed by atoms with van der Waals surface area (Å²) in [5.41, 5.74) is 11.4. The van der Waals surface area contributed by atoms with Crippen LogP contribution in [0, 0.1) is 11.8 Å². The number of amides is 9. The molecular formula is C55H82BrN9O14. The molecule has 10 N–H and O–H groups in total. The van der Waals surface area contributed by atoms with E-state index in [-0.39, 0.29) is 97.3 Å². The predicted octanol–water partition coefficient (Wildman–Crippen LogP) is 4.43. The summed E-state index contributed by atoms with van der Waals surface area (Å²) in [6, 6.07) is 3.54. The highest BCUT2D eigenvalue weighted by molar-refractivity contribution is 9.09. The normalized spacial score (nSPS) is 22.9. The quantitative estimate of drug-likeness (QED) is 0.0102. The van der Waals surface area contributed by atoms with Crippen LogP contribution >= 0.6 is 15.9 Å².